The zero-order valence-electron chi connectivity index (χ0n) is 15.8. The summed E-state index contributed by atoms with van der Waals surface area (Å²) >= 11 is 0. The summed E-state index contributed by atoms with van der Waals surface area (Å²) in [5, 5.41) is 5.49. The molecule has 0 heterocycles. The molecule has 0 bridgehead atoms. The standard InChI is InChI=1S/C20H23FN2O4/c1-12(2)9-19(24)22-15-10-18(27-4)16(11-17(15)26-3)23-20(25)13-5-7-14(21)8-6-13/h5-8,10-12H,9H2,1-4H3,(H,22,24)(H,23,25). The Morgan fingerprint density at radius 2 is 1.48 bits per heavy atom. The first-order valence-corrected chi connectivity index (χ1v) is 8.46. The second-order valence-electron chi connectivity index (χ2n) is 6.36. The van der Waals surface area contributed by atoms with Crippen molar-refractivity contribution in [2.75, 3.05) is 24.9 Å². The van der Waals surface area contributed by atoms with Crippen LogP contribution in [-0.2, 0) is 4.79 Å². The number of benzene rings is 2. The topological polar surface area (TPSA) is 76.7 Å². The highest BCUT2D eigenvalue weighted by Gasteiger charge is 2.16. The van der Waals surface area contributed by atoms with E-state index in [4.69, 9.17) is 9.47 Å². The highest BCUT2D eigenvalue weighted by atomic mass is 19.1. The summed E-state index contributed by atoms with van der Waals surface area (Å²) in [5.74, 6) is -0.0479. The van der Waals surface area contributed by atoms with Gasteiger partial charge in [0.15, 0.2) is 0 Å². The minimum atomic E-state index is -0.424. The number of methoxy groups -OCH3 is 2. The van der Waals surface area contributed by atoms with Crippen molar-refractivity contribution in [1.29, 1.82) is 0 Å². The third kappa shape index (κ3) is 5.44. The van der Waals surface area contributed by atoms with Crippen molar-refractivity contribution in [3.8, 4) is 11.5 Å². The molecule has 0 aliphatic rings. The SMILES string of the molecule is COc1cc(NC(=O)c2ccc(F)cc2)c(OC)cc1NC(=O)CC(C)C. The highest BCUT2D eigenvalue weighted by Crippen LogP contribution is 2.36. The predicted molar refractivity (Wildman–Crippen MR) is 102 cm³/mol. The maximum atomic E-state index is 13.0. The van der Waals surface area contributed by atoms with Crippen LogP contribution in [0.3, 0.4) is 0 Å². The lowest BCUT2D eigenvalue weighted by Gasteiger charge is -2.16. The van der Waals surface area contributed by atoms with Crippen molar-refractivity contribution in [2.24, 2.45) is 5.92 Å². The van der Waals surface area contributed by atoms with Gasteiger partial charge < -0.3 is 20.1 Å². The molecule has 0 aliphatic heterocycles. The van der Waals surface area contributed by atoms with Gasteiger partial charge in [0, 0.05) is 24.1 Å². The molecule has 0 saturated heterocycles. The van der Waals surface area contributed by atoms with Crippen molar-refractivity contribution >= 4 is 23.2 Å². The number of carbonyl (C=O) groups is 2. The molecule has 0 radical (unpaired) electrons. The number of rotatable bonds is 7. The van der Waals surface area contributed by atoms with Crippen molar-refractivity contribution in [3.05, 3.63) is 47.8 Å². The molecule has 6 nitrogen and oxygen atoms in total. The number of halogens is 1. The van der Waals surface area contributed by atoms with Crippen molar-refractivity contribution in [2.45, 2.75) is 20.3 Å². The quantitative estimate of drug-likeness (QED) is 0.766. The molecule has 2 amide bonds. The number of nitrogens with one attached hydrogen (secondary N) is 2. The molecule has 2 rings (SSSR count). The Morgan fingerprint density at radius 1 is 0.963 bits per heavy atom. The maximum absolute atomic E-state index is 13.0. The number of amides is 2. The van der Waals surface area contributed by atoms with Crippen molar-refractivity contribution in [3.63, 3.8) is 0 Å². The molecule has 0 unspecified atom stereocenters. The fourth-order valence-electron chi connectivity index (χ4n) is 2.46. The van der Waals surface area contributed by atoms with E-state index in [-0.39, 0.29) is 11.8 Å². The summed E-state index contributed by atoms with van der Waals surface area (Å²) < 4.78 is 23.7. The second kappa shape index (κ2) is 9.02. The monoisotopic (exact) mass is 374 g/mol. The van der Waals surface area contributed by atoms with E-state index < -0.39 is 11.7 Å². The maximum Gasteiger partial charge on any atom is 0.255 e. The third-order valence-electron chi connectivity index (χ3n) is 3.74. The number of anilines is 2. The molecule has 0 saturated carbocycles. The zero-order chi connectivity index (χ0) is 20.0. The van der Waals surface area contributed by atoms with Crippen LogP contribution >= 0.6 is 0 Å². The fourth-order valence-corrected chi connectivity index (χ4v) is 2.46. The molecule has 0 atom stereocenters. The van der Waals surface area contributed by atoms with Crippen LogP contribution in [0.1, 0.15) is 30.6 Å². The van der Waals surface area contributed by atoms with E-state index in [1.54, 1.807) is 12.1 Å². The Balaban J connectivity index is 2.27. The van der Waals surface area contributed by atoms with E-state index in [9.17, 15) is 14.0 Å². The van der Waals surface area contributed by atoms with Crippen molar-refractivity contribution < 1.29 is 23.5 Å². The normalized spacial score (nSPS) is 10.4. The molecule has 0 fully saturated rings. The molecule has 0 aromatic heterocycles. The summed E-state index contributed by atoms with van der Waals surface area (Å²) in [6.07, 6.45) is 0.370. The first-order chi connectivity index (χ1) is 12.8. The van der Waals surface area contributed by atoms with Gasteiger partial charge in [-0.1, -0.05) is 13.8 Å². The molecule has 27 heavy (non-hydrogen) atoms. The smallest absolute Gasteiger partial charge is 0.255 e. The van der Waals surface area contributed by atoms with Crippen LogP contribution in [0.15, 0.2) is 36.4 Å². The van der Waals surface area contributed by atoms with Gasteiger partial charge in [0.05, 0.1) is 25.6 Å². The minimum Gasteiger partial charge on any atom is -0.494 e. The van der Waals surface area contributed by atoms with E-state index in [1.165, 1.54) is 38.5 Å². The lowest BCUT2D eigenvalue weighted by Crippen LogP contribution is -2.16. The van der Waals surface area contributed by atoms with Gasteiger partial charge in [-0.2, -0.15) is 0 Å². The van der Waals surface area contributed by atoms with E-state index in [2.05, 4.69) is 10.6 Å². The number of ether oxygens (including phenoxy) is 2. The summed E-state index contributed by atoms with van der Waals surface area (Å²) in [4.78, 5) is 24.4. The van der Waals surface area contributed by atoms with E-state index >= 15 is 0 Å². The van der Waals surface area contributed by atoms with Gasteiger partial charge in [-0.25, -0.2) is 4.39 Å². The minimum absolute atomic E-state index is 0.145. The molecular weight excluding hydrogens is 351 g/mol. The molecule has 0 spiro atoms. The molecule has 0 aliphatic carbocycles. The first kappa shape index (κ1) is 20.2. The van der Waals surface area contributed by atoms with Crippen LogP contribution in [0, 0.1) is 11.7 Å². The average Bonchev–Trinajstić information content (AvgIpc) is 2.62. The van der Waals surface area contributed by atoms with E-state index in [0.29, 0.717) is 34.9 Å². The number of hydrogen-bond donors (Lipinski definition) is 2. The van der Waals surface area contributed by atoms with Crippen LogP contribution in [0.2, 0.25) is 0 Å². The summed E-state index contributed by atoms with van der Waals surface area (Å²) in [7, 11) is 2.92. The summed E-state index contributed by atoms with van der Waals surface area (Å²) in [6, 6.07) is 8.33. The molecule has 2 N–H and O–H groups in total. The summed E-state index contributed by atoms with van der Waals surface area (Å²) in [6.45, 7) is 3.90. The Labute approximate surface area is 157 Å². The van der Waals surface area contributed by atoms with Crippen molar-refractivity contribution in [1.82, 2.24) is 0 Å². The fraction of sp³-hybridized carbons (Fsp3) is 0.300. The van der Waals surface area contributed by atoms with Gasteiger partial charge >= 0.3 is 0 Å². The van der Waals surface area contributed by atoms with E-state index in [1.807, 2.05) is 13.8 Å². The molecular formula is C20H23FN2O4. The van der Waals surface area contributed by atoms with Gasteiger partial charge in [0.25, 0.3) is 5.91 Å². The average molecular weight is 374 g/mol. The van der Waals surface area contributed by atoms with Crippen LogP contribution in [0.4, 0.5) is 15.8 Å². The van der Waals surface area contributed by atoms with Gasteiger partial charge in [0.1, 0.15) is 17.3 Å². The number of hydrogen-bond acceptors (Lipinski definition) is 4. The van der Waals surface area contributed by atoms with Crippen LogP contribution in [-0.4, -0.2) is 26.0 Å². The van der Waals surface area contributed by atoms with Gasteiger partial charge in [-0.05, 0) is 30.2 Å². The van der Waals surface area contributed by atoms with Gasteiger partial charge in [-0.3, -0.25) is 9.59 Å². The Bertz CT molecular complexity index is 819. The highest BCUT2D eigenvalue weighted by molar-refractivity contribution is 6.05. The van der Waals surface area contributed by atoms with Crippen LogP contribution in [0.25, 0.3) is 0 Å². The van der Waals surface area contributed by atoms with Gasteiger partial charge in [0.2, 0.25) is 5.91 Å². The van der Waals surface area contributed by atoms with Gasteiger partial charge in [-0.15, -0.1) is 0 Å². The van der Waals surface area contributed by atoms with Crippen LogP contribution in [0.5, 0.6) is 11.5 Å². The second-order valence-corrected chi connectivity index (χ2v) is 6.36. The molecule has 7 heteroatoms. The Hall–Kier alpha value is -3.09. The Kier molecular flexibility index (Phi) is 6.76. The van der Waals surface area contributed by atoms with Crippen LogP contribution < -0.4 is 20.1 Å². The first-order valence-electron chi connectivity index (χ1n) is 8.46. The molecule has 2 aromatic carbocycles. The predicted octanol–water partition coefficient (Wildman–Crippen LogP) is 4.08. The lowest BCUT2D eigenvalue weighted by molar-refractivity contribution is -0.116. The third-order valence-corrected chi connectivity index (χ3v) is 3.74. The summed E-state index contributed by atoms with van der Waals surface area (Å²) in [5.41, 5.74) is 1.11. The zero-order valence-corrected chi connectivity index (χ0v) is 15.8. The molecule has 2 aromatic rings. The Morgan fingerprint density at radius 3 is 1.96 bits per heavy atom. The lowest BCUT2D eigenvalue weighted by atomic mass is 10.1. The molecule has 144 valence electrons. The largest absolute Gasteiger partial charge is 0.494 e. The number of carbonyl (C=O) groups excluding carboxylic acids is 2. The van der Waals surface area contributed by atoms with E-state index in [0.717, 1.165) is 0 Å².